The Morgan fingerprint density at radius 3 is 2.83 bits per heavy atom. The largest absolute Gasteiger partial charge is 0.361 e. The van der Waals surface area contributed by atoms with Gasteiger partial charge in [-0.25, -0.2) is 0 Å². The summed E-state index contributed by atoms with van der Waals surface area (Å²) in [4.78, 5) is 15.0. The van der Waals surface area contributed by atoms with Crippen molar-refractivity contribution in [3.05, 3.63) is 34.5 Å². The van der Waals surface area contributed by atoms with E-state index in [1.54, 1.807) is 0 Å². The van der Waals surface area contributed by atoms with Crippen LogP contribution in [0.3, 0.4) is 0 Å². The van der Waals surface area contributed by atoms with Crippen LogP contribution in [-0.4, -0.2) is 38.3 Å². The zero-order valence-corrected chi connectivity index (χ0v) is 14.3. The van der Waals surface area contributed by atoms with Crippen LogP contribution in [0.25, 0.3) is 0 Å². The fourth-order valence-electron chi connectivity index (χ4n) is 3.43. The lowest BCUT2D eigenvalue weighted by Crippen LogP contribution is -2.39. The Labute approximate surface area is 136 Å². The third kappa shape index (κ3) is 2.90. The summed E-state index contributed by atoms with van der Waals surface area (Å²) in [7, 11) is 0. The van der Waals surface area contributed by atoms with Gasteiger partial charge in [0.15, 0.2) is 0 Å². The number of hydrogen-bond donors (Lipinski definition) is 0. The highest BCUT2D eigenvalue weighted by molar-refractivity contribution is 5.96. The van der Waals surface area contributed by atoms with Gasteiger partial charge < -0.3 is 9.42 Å². The molecule has 1 aliphatic rings. The van der Waals surface area contributed by atoms with E-state index in [9.17, 15) is 4.79 Å². The van der Waals surface area contributed by atoms with Crippen LogP contribution in [0, 0.1) is 20.8 Å². The molecule has 0 aliphatic carbocycles. The lowest BCUT2D eigenvalue weighted by atomic mass is 10.1. The maximum atomic E-state index is 13.0. The lowest BCUT2D eigenvalue weighted by Gasteiger charge is -2.25. The molecule has 0 bridgehead atoms. The van der Waals surface area contributed by atoms with E-state index in [1.807, 2.05) is 30.4 Å². The average molecular weight is 316 g/mol. The Bertz CT molecular complexity index is 716. The summed E-state index contributed by atoms with van der Waals surface area (Å²) in [5, 5.41) is 8.54. The number of likely N-dealkylation sites (tertiary alicyclic amines) is 1. The molecule has 23 heavy (non-hydrogen) atoms. The highest BCUT2D eigenvalue weighted by Crippen LogP contribution is 2.25. The van der Waals surface area contributed by atoms with Gasteiger partial charge in [-0.15, -0.1) is 0 Å². The van der Waals surface area contributed by atoms with Crippen LogP contribution in [0.1, 0.15) is 53.0 Å². The molecule has 0 N–H and O–H groups in total. The SMILES string of the molecule is CCc1noc(C)c1C(=O)N1CCC[C@@H]1Cn1nc(C)cc1C. The van der Waals surface area contributed by atoms with Gasteiger partial charge in [-0.05, 0) is 46.1 Å². The fourth-order valence-corrected chi connectivity index (χ4v) is 3.43. The molecule has 1 atom stereocenters. The highest BCUT2D eigenvalue weighted by atomic mass is 16.5. The molecule has 6 heteroatoms. The highest BCUT2D eigenvalue weighted by Gasteiger charge is 2.33. The predicted molar refractivity (Wildman–Crippen MR) is 86.4 cm³/mol. The van der Waals surface area contributed by atoms with Crippen LogP contribution >= 0.6 is 0 Å². The summed E-state index contributed by atoms with van der Waals surface area (Å²) in [6.45, 7) is 9.39. The summed E-state index contributed by atoms with van der Waals surface area (Å²) >= 11 is 0. The zero-order chi connectivity index (χ0) is 16.6. The molecule has 124 valence electrons. The summed E-state index contributed by atoms with van der Waals surface area (Å²) in [5.74, 6) is 0.660. The molecule has 2 aromatic rings. The maximum Gasteiger partial charge on any atom is 0.259 e. The van der Waals surface area contributed by atoms with Crippen molar-refractivity contribution >= 4 is 5.91 Å². The Kier molecular flexibility index (Phi) is 4.24. The second-order valence-corrected chi connectivity index (χ2v) is 6.32. The first-order chi connectivity index (χ1) is 11.0. The Hall–Kier alpha value is -2.11. The molecule has 3 heterocycles. The van der Waals surface area contributed by atoms with E-state index in [1.165, 1.54) is 0 Å². The third-order valence-electron chi connectivity index (χ3n) is 4.61. The predicted octanol–water partition coefficient (Wildman–Crippen LogP) is 2.66. The second-order valence-electron chi connectivity index (χ2n) is 6.32. The summed E-state index contributed by atoms with van der Waals surface area (Å²) in [6.07, 6.45) is 2.74. The zero-order valence-electron chi connectivity index (χ0n) is 14.3. The van der Waals surface area contributed by atoms with Crippen molar-refractivity contribution in [2.75, 3.05) is 6.54 Å². The molecule has 1 amide bonds. The van der Waals surface area contributed by atoms with Crippen LogP contribution in [-0.2, 0) is 13.0 Å². The molecular weight excluding hydrogens is 292 g/mol. The van der Waals surface area contributed by atoms with E-state index >= 15 is 0 Å². The van der Waals surface area contributed by atoms with Crippen molar-refractivity contribution in [3.8, 4) is 0 Å². The number of aryl methyl sites for hydroxylation is 4. The summed E-state index contributed by atoms with van der Waals surface area (Å²) < 4.78 is 7.23. The third-order valence-corrected chi connectivity index (χ3v) is 4.61. The molecule has 3 rings (SSSR count). The van der Waals surface area contributed by atoms with Gasteiger partial charge in [0, 0.05) is 12.2 Å². The van der Waals surface area contributed by atoms with E-state index in [-0.39, 0.29) is 11.9 Å². The molecule has 0 spiro atoms. The van der Waals surface area contributed by atoms with Crippen molar-refractivity contribution in [1.29, 1.82) is 0 Å². The smallest absolute Gasteiger partial charge is 0.259 e. The lowest BCUT2D eigenvalue weighted by molar-refractivity contribution is 0.0718. The minimum absolute atomic E-state index is 0.0460. The monoisotopic (exact) mass is 316 g/mol. The van der Waals surface area contributed by atoms with Crippen molar-refractivity contribution in [2.45, 2.75) is 59.5 Å². The number of hydrogen-bond acceptors (Lipinski definition) is 4. The van der Waals surface area contributed by atoms with Crippen molar-refractivity contribution < 1.29 is 9.32 Å². The van der Waals surface area contributed by atoms with Gasteiger partial charge in [0.25, 0.3) is 5.91 Å². The fraction of sp³-hybridized carbons (Fsp3) is 0.588. The van der Waals surface area contributed by atoms with Crippen molar-refractivity contribution in [2.24, 2.45) is 0 Å². The van der Waals surface area contributed by atoms with Gasteiger partial charge in [-0.1, -0.05) is 12.1 Å². The second kappa shape index (κ2) is 6.18. The Morgan fingerprint density at radius 2 is 2.17 bits per heavy atom. The molecule has 0 radical (unpaired) electrons. The molecule has 1 saturated heterocycles. The standard InChI is InChI=1S/C17H24N4O2/c1-5-15-16(13(4)23-19-15)17(22)20-8-6-7-14(20)10-21-12(3)9-11(2)18-21/h9,14H,5-8,10H2,1-4H3/t14-/m1/s1. The van der Waals surface area contributed by atoms with Gasteiger partial charge >= 0.3 is 0 Å². The molecule has 0 saturated carbocycles. The van der Waals surface area contributed by atoms with E-state index in [4.69, 9.17) is 4.52 Å². The van der Waals surface area contributed by atoms with Crippen LogP contribution in [0.2, 0.25) is 0 Å². The average Bonchev–Trinajstić information content (AvgIpc) is 3.19. The van der Waals surface area contributed by atoms with Crippen molar-refractivity contribution in [1.82, 2.24) is 19.8 Å². The first-order valence-electron chi connectivity index (χ1n) is 8.28. The molecule has 1 fully saturated rings. The number of nitrogens with zero attached hydrogens (tertiary/aromatic N) is 4. The maximum absolute atomic E-state index is 13.0. The minimum Gasteiger partial charge on any atom is -0.361 e. The normalized spacial score (nSPS) is 17.9. The van der Waals surface area contributed by atoms with E-state index in [2.05, 4.69) is 23.2 Å². The van der Waals surface area contributed by atoms with Crippen LogP contribution in [0.5, 0.6) is 0 Å². The van der Waals surface area contributed by atoms with Crippen LogP contribution in [0.4, 0.5) is 0 Å². The molecular formula is C17H24N4O2. The molecule has 1 aliphatic heterocycles. The number of amides is 1. The quantitative estimate of drug-likeness (QED) is 0.870. The van der Waals surface area contributed by atoms with Gasteiger partial charge in [-0.3, -0.25) is 9.48 Å². The van der Waals surface area contributed by atoms with Gasteiger partial charge in [0.2, 0.25) is 0 Å². The van der Waals surface area contributed by atoms with Gasteiger partial charge in [0.05, 0.1) is 24.0 Å². The first-order valence-corrected chi connectivity index (χ1v) is 8.28. The first kappa shape index (κ1) is 15.8. The van der Waals surface area contributed by atoms with E-state index in [0.29, 0.717) is 17.7 Å². The number of carbonyl (C=O) groups excluding carboxylic acids is 1. The van der Waals surface area contributed by atoms with Gasteiger partial charge in [0.1, 0.15) is 11.3 Å². The van der Waals surface area contributed by atoms with E-state index < -0.39 is 0 Å². The Morgan fingerprint density at radius 1 is 1.39 bits per heavy atom. The van der Waals surface area contributed by atoms with Crippen LogP contribution < -0.4 is 0 Å². The van der Waals surface area contributed by atoms with E-state index in [0.717, 1.165) is 43.0 Å². The molecule has 2 aromatic heterocycles. The molecule has 6 nitrogen and oxygen atoms in total. The number of aromatic nitrogens is 3. The summed E-state index contributed by atoms with van der Waals surface area (Å²) in [6, 6.07) is 2.25. The number of rotatable bonds is 4. The number of carbonyl (C=O) groups is 1. The molecule has 0 unspecified atom stereocenters. The molecule has 0 aromatic carbocycles. The van der Waals surface area contributed by atoms with Crippen LogP contribution in [0.15, 0.2) is 10.6 Å². The van der Waals surface area contributed by atoms with Gasteiger partial charge in [-0.2, -0.15) is 5.10 Å². The Balaban J connectivity index is 1.82. The topological polar surface area (TPSA) is 64.2 Å². The van der Waals surface area contributed by atoms with Crippen molar-refractivity contribution in [3.63, 3.8) is 0 Å². The minimum atomic E-state index is 0.0460. The summed E-state index contributed by atoms with van der Waals surface area (Å²) in [5.41, 5.74) is 3.55.